The average Bonchev–Trinajstić information content (AvgIpc) is 2.67. The van der Waals surface area contributed by atoms with Gasteiger partial charge in [-0.25, -0.2) is 4.79 Å². The van der Waals surface area contributed by atoms with Crippen LogP contribution in [-0.2, 0) is 9.59 Å². The summed E-state index contributed by atoms with van der Waals surface area (Å²) in [7, 11) is 0. The van der Waals surface area contributed by atoms with Gasteiger partial charge in [0.1, 0.15) is 6.04 Å². The summed E-state index contributed by atoms with van der Waals surface area (Å²) in [5, 5.41) is 8.23. The fourth-order valence-corrected chi connectivity index (χ4v) is 3.15. The quantitative estimate of drug-likeness (QED) is 0.570. The molecule has 1 aromatic carbocycles. The number of nitrogens with two attached hydrogens (primary N) is 1. The van der Waals surface area contributed by atoms with Gasteiger partial charge in [-0.2, -0.15) is 0 Å². The first kappa shape index (κ1) is 20.7. The van der Waals surface area contributed by atoms with E-state index in [0.29, 0.717) is 25.3 Å². The molecule has 0 radical (unpaired) electrons. The maximum atomic E-state index is 12.8. The van der Waals surface area contributed by atoms with Crippen molar-refractivity contribution in [3.05, 3.63) is 30.3 Å². The summed E-state index contributed by atoms with van der Waals surface area (Å²) in [6, 6.07) is 7.91. The van der Waals surface area contributed by atoms with Crippen LogP contribution in [0.1, 0.15) is 32.6 Å². The number of carbonyl (C=O) groups is 3. The van der Waals surface area contributed by atoms with Crippen LogP contribution >= 0.6 is 0 Å². The Morgan fingerprint density at radius 3 is 2.67 bits per heavy atom. The average molecular weight is 375 g/mol. The number of hydrogen-bond acceptors (Lipinski definition) is 4. The second kappa shape index (κ2) is 10.5. The summed E-state index contributed by atoms with van der Waals surface area (Å²) in [6.07, 6.45) is 3.04. The van der Waals surface area contributed by atoms with Gasteiger partial charge in [-0.3, -0.25) is 9.59 Å². The van der Waals surface area contributed by atoms with Gasteiger partial charge in [-0.15, -0.1) is 0 Å². The number of likely N-dealkylation sites (tertiary alicyclic amines) is 1. The lowest BCUT2D eigenvalue weighted by Gasteiger charge is -2.37. The lowest BCUT2D eigenvalue weighted by Crippen LogP contribution is -2.55. The molecule has 0 aliphatic carbocycles. The molecule has 0 aromatic heterocycles. The number of carbonyl (C=O) groups excluding carboxylic acids is 3. The maximum Gasteiger partial charge on any atom is 0.319 e. The molecule has 27 heavy (non-hydrogen) atoms. The van der Waals surface area contributed by atoms with Crippen molar-refractivity contribution >= 4 is 23.5 Å². The van der Waals surface area contributed by atoms with Gasteiger partial charge in [-0.05, 0) is 38.3 Å². The van der Waals surface area contributed by atoms with Gasteiger partial charge in [-0.1, -0.05) is 18.2 Å². The monoisotopic (exact) mass is 375 g/mol. The number of piperidine rings is 1. The number of rotatable bonds is 7. The molecule has 2 rings (SSSR count). The predicted octanol–water partition coefficient (Wildman–Crippen LogP) is 1.04. The molecule has 0 spiro atoms. The third-order valence-electron chi connectivity index (χ3n) is 4.57. The Morgan fingerprint density at radius 1 is 1.22 bits per heavy atom. The van der Waals surface area contributed by atoms with E-state index in [4.69, 9.17) is 5.73 Å². The smallest absolute Gasteiger partial charge is 0.319 e. The molecule has 1 aliphatic rings. The number of nitrogens with zero attached hydrogens (tertiary/aromatic N) is 1. The first-order valence-corrected chi connectivity index (χ1v) is 9.41. The molecule has 4 amide bonds. The predicted molar refractivity (Wildman–Crippen MR) is 104 cm³/mol. The van der Waals surface area contributed by atoms with Gasteiger partial charge in [0.25, 0.3) is 0 Å². The minimum absolute atomic E-state index is 0.0607. The lowest BCUT2D eigenvalue weighted by molar-refractivity contribution is -0.137. The molecule has 148 valence electrons. The number of para-hydroxylation sites is 1. The van der Waals surface area contributed by atoms with E-state index in [1.54, 1.807) is 24.0 Å². The number of anilines is 1. The topological polar surface area (TPSA) is 117 Å². The number of amides is 4. The largest absolute Gasteiger partial charge is 0.354 e. The molecule has 1 aromatic rings. The minimum atomic E-state index is -0.658. The molecule has 5 N–H and O–H groups in total. The van der Waals surface area contributed by atoms with Crippen molar-refractivity contribution in [1.82, 2.24) is 15.5 Å². The van der Waals surface area contributed by atoms with Crippen molar-refractivity contribution < 1.29 is 14.4 Å². The Kier molecular flexibility index (Phi) is 8.06. The molecule has 0 bridgehead atoms. The summed E-state index contributed by atoms with van der Waals surface area (Å²) < 4.78 is 0. The number of benzene rings is 1. The normalized spacial score (nSPS) is 17.7. The lowest BCUT2D eigenvalue weighted by atomic mass is 10.0. The Morgan fingerprint density at radius 2 is 1.96 bits per heavy atom. The third-order valence-corrected chi connectivity index (χ3v) is 4.57. The van der Waals surface area contributed by atoms with Crippen LogP contribution < -0.4 is 21.7 Å². The summed E-state index contributed by atoms with van der Waals surface area (Å²) in [5.74, 6) is -0.250. The molecule has 1 heterocycles. The number of nitrogens with one attached hydrogen (secondary N) is 3. The molecule has 8 nitrogen and oxygen atoms in total. The van der Waals surface area contributed by atoms with E-state index in [0.717, 1.165) is 19.3 Å². The van der Waals surface area contributed by atoms with Gasteiger partial charge in [0.15, 0.2) is 0 Å². The molecule has 2 unspecified atom stereocenters. The van der Waals surface area contributed by atoms with Gasteiger partial charge >= 0.3 is 6.03 Å². The van der Waals surface area contributed by atoms with Gasteiger partial charge in [0.2, 0.25) is 11.8 Å². The molecule has 8 heteroatoms. The summed E-state index contributed by atoms with van der Waals surface area (Å²) in [5.41, 5.74) is 6.04. The first-order valence-electron chi connectivity index (χ1n) is 9.41. The maximum absolute atomic E-state index is 12.8. The molecule has 0 saturated carbocycles. The van der Waals surface area contributed by atoms with Gasteiger partial charge < -0.3 is 26.6 Å². The van der Waals surface area contributed by atoms with Crippen molar-refractivity contribution in [2.75, 3.05) is 25.0 Å². The Balaban J connectivity index is 1.88. The zero-order chi connectivity index (χ0) is 19.6. The zero-order valence-corrected chi connectivity index (χ0v) is 15.7. The van der Waals surface area contributed by atoms with E-state index in [1.165, 1.54) is 0 Å². The fourth-order valence-electron chi connectivity index (χ4n) is 3.15. The van der Waals surface area contributed by atoms with Crippen LogP contribution in [0.3, 0.4) is 0 Å². The molecule has 2 atom stereocenters. The van der Waals surface area contributed by atoms with Crippen LogP contribution in [0.15, 0.2) is 30.3 Å². The van der Waals surface area contributed by atoms with Gasteiger partial charge in [0, 0.05) is 37.8 Å². The van der Waals surface area contributed by atoms with Crippen molar-refractivity contribution in [3.63, 3.8) is 0 Å². The van der Waals surface area contributed by atoms with Crippen LogP contribution in [0.2, 0.25) is 0 Å². The second-order valence-corrected chi connectivity index (χ2v) is 6.71. The van der Waals surface area contributed by atoms with Crippen molar-refractivity contribution in [3.8, 4) is 0 Å². The van der Waals surface area contributed by atoms with Crippen LogP contribution in [0.4, 0.5) is 10.5 Å². The SMILES string of the molecule is CC(NC(=O)Nc1ccccc1)C(=O)N1CCCCC1CNC(=O)CCN. The molecular weight excluding hydrogens is 346 g/mol. The molecular formula is C19H29N5O3. The highest BCUT2D eigenvalue weighted by atomic mass is 16.2. The third kappa shape index (κ3) is 6.56. The minimum Gasteiger partial charge on any atom is -0.354 e. The van der Waals surface area contributed by atoms with Crippen LogP contribution in [-0.4, -0.2) is 54.5 Å². The van der Waals surface area contributed by atoms with Gasteiger partial charge in [0.05, 0.1) is 0 Å². The molecule has 1 fully saturated rings. The number of hydrogen-bond donors (Lipinski definition) is 4. The highest BCUT2D eigenvalue weighted by molar-refractivity contribution is 5.93. The Bertz CT molecular complexity index is 637. The fraction of sp³-hybridized carbons (Fsp3) is 0.526. The Labute approximate surface area is 159 Å². The highest BCUT2D eigenvalue weighted by Gasteiger charge is 2.30. The molecule has 1 saturated heterocycles. The second-order valence-electron chi connectivity index (χ2n) is 6.71. The first-order chi connectivity index (χ1) is 13.0. The van der Waals surface area contributed by atoms with E-state index < -0.39 is 12.1 Å². The highest BCUT2D eigenvalue weighted by Crippen LogP contribution is 2.17. The van der Waals surface area contributed by atoms with Crippen LogP contribution in [0.5, 0.6) is 0 Å². The van der Waals surface area contributed by atoms with Crippen molar-refractivity contribution in [1.29, 1.82) is 0 Å². The van der Waals surface area contributed by atoms with E-state index in [2.05, 4.69) is 16.0 Å². The van der Waals surface area contributed by atoms with Crippen LogP contribution in [0.25, 0.3) is 0 Å². The summed E-state index contributed by atoms with van der Waals surface area (Å²) >= 11 is 0. The van der Waals surface area contributed by atoms with E-state index >= 15 is 0 Å². The van der Waals surface area contributed by atoms with E-state index in [9.17, 15) is 14.4 Å². The van der Waals surface area contributed by atoms with Crippen molar-refractivity contribution in [2.45, 2.75) is 44.7 Å². The molecule has 1 aliphatic heterocycles. The summed E-state index contributed by atoms with van der Waals surface area (Å²) in [4.78, 5) is 38.4. The van der Waals surface area contributed by atoms with E-state index in [1.807, 2.05) is 18.2 Å². The summed E-state index contributed by atoms with van der Waals surface area (Å²) in [6.45, 7) is 3.01. The van der Waals surface area contributed by atoms with E-state index in [-0.39, 0.29) is 24.3 Å². The Hall–Kier alpha value is -2.61. The van der Waals surface area contributed by atoms with Crippen molar-refractivity contribution in [2.24, 2.45) is 5.73 Å². The zero-order valence-electron chi connectivity index (χ0n) is 15.7. The number of urea groups is 1. The standard InChI is InChI=1S/C19H29N5O3/c1-14(22-19(27)23-15-7-3-2-4-8-15)18(26)24-12-6-5-9-16(24)13-21-17(25)10-11-20/h2-4,7-8,14,16H,5-6,9-13,20H2,1H3,(H,21,25)(H2,22,23,27). The van der Waals surface area contributed by atoms with Crippen LogP contribution in [0, 0.1) is 0 Å².